The highest BCUT2D eigenvalue weighted by Gasteiger charge is 2.24. The third kappa shape index (κ3) is 41.2. The highest BCUT2D eigenvalue weighted by atomic mass is 31.2. The second-order valence-electron chi connectivity index (χ2n) is 17.5. The molecule has 0 bridgehead atoms. The molecule has 0 heterocycles. The molecule has 0 radical (unpaired) electrons. The summed E-state index contributed by atoms with van der Waals surface area (Å²) in [6.07, 6.45) is 43.7. The standard InChI is InChI=1S/C46H93N2O6P/c1-6-8-10-12-14-16-18-19-20-21-22-23-24-25-26-27-28-29-30-32-34-36-38-40-46(50)47-44(43-54-55(51,52)53-42-41-48(3,4)5)45(49)39-37-35-33-31-17-15-13-11-9-7-2/h25-26,44-45,49H,6-24,27-43H2,1-5H3,(H-,47,50,51,52)/b26-25-. The van der Waals surface area contributed by atoms with Gasteiger partial charge in [0.15, 0.2) is 0 Å². The summed E-state index contributed by atoms with van der Waals surface area (Å²) < 4.78 is 23.2. The molecule has 3 unspecified atom stereocenters. The van der Waals surface area contributed by atoms with E-state index in [1.807, 2.05) is 21.1 Å². The molecule has 0 aromatic carbocycles. The Morgan fingerprint density at radius 3 is 1.42 bits per heavy atom. The molecule has 0 aliphatic carbocycles. The van der Waals surface area contributed by atoms with E-state index in [2.05, 4.69) is 31.3 Å². The van der Waals surface area contributed by atoms with Gasteiger partial charge in [-0.3, -0.25) is 9.36 Å². The lowest BCUT2D eigenvalue weighted by Crippen LogP contribution is -2.46. The Kier molecular flexibility index (Phi) is 38.2. The molecule has 55 heavy (non-hydrogen) atoms. The first-order valence-electron chi connectivity index (χ1n) is 23.5. The van der Waals surface area contributed by atoms with Crippen molar-refractivity contribution in [1.29, 1.82) is 0 Å². The minimum Gasteiger partial charge on any atom is -0.756 e. The number of nitrogens with zero attached hydrogens (tertiary/aromatic N) is 1. The van der Waals surface area contributed by atoms with E-state index in [-0.39, 0.29) is 19.1 Å². The van der Waals surface area contributed by atoms with Crippen LogP contribution in [0.15, 0.2) is 12.2 Å². The van der Waals surface area contributed by atoms with Crippen LogP contribution in [0.1, 0.15) is 226 Å². The fourth-order valence-electron chi connectivity index (χ4n) is 6.98. The summed E-state index contributed by atoms with van der Waals surface area (Å²) in [5.74, 6) is -0.169. The van der Waals surface area contributed by atoms with E-state index in [4.69, 9.17) is 9.05 Å². The zero-order valence-corrected chi connectivity index (χ0v) is 38.0. The molecule has 2 N–H and O–H groups in total. The molecule has 1 amide bonds. The van der Waals surface area contributed by atoms with Crippen molar-refractivity contribution in [1.82, 2.24) is 5.32 Å². The third-order valence-electron chi connectivity index (χ3n) is 10.8. The van der Waals surface area contributed by atoms with Gasteiger partial charge in [0, 0.05) is 6.42 Å². The fourth-order valence-corrected chi connectivity index (χ4v) is 7.70. The summed E-state index contributed by atoms with van der Waals surface area (Å²) in [5, 5.41) is 13.9. The van der Waals surface area contributed by atoms with Crippen molar-refractivity contribution in [2.24, 2.45) is 0 Å². The minimum atomic E-state index is -4.56. The van der Waals surface area contributed by atoms with Gasteiger partial charge in [-0.2, -0.15) is 0 Å². The molecular formula is C46H93N2O6P. The lowest BCUT2D eigenvalue weighted by molar-refractivity contribution is -0.870. The van der Waals surface area contributed by atoms with Crippen LogP contribution in [0.3, 0.4) is 0 Å². The average Bonchev–Trinajstić information content (AvgIpc) is 3.13. The summed E-state index contributed by atoms with van der Waals surface area (Å²) in [7, 11) is 1.31. The van der Waals surface area contributed by atoms with E-state index in [0.29, 0.717) is 23.9 Å². The topological polar surface area (TPSA) is 108 Å². The largest absolute Gasteiger partial charge is 0.756 e. The number of aliphatic hydroxyl groups is 1. The highest BCUT2D eigenvalue weighted by molar-refractivity contribution is 7.45. The lowest BCUT2D eigenvalue weighted by atomic mass is 10.0. The Bertz CT molecular complexity index is 911. The monoisotopic (exact) mass is 801 g/mol. The van der Waals surface area contributed by atoms with Crippen molar-refractivity contribution < 1.29 is 32.9 Å². The van der Waals surface area contributed by atoms with Crippen molar-refractivity contribution in [2.75, 3.05) is 40.9 Å². The van der Waals surface area contributed by atoms with Crippen LogP contribution in [0.4, 0.5) is 0 Å². The second kappa shape index (κ2) is 38.7. The second-order valence-corrected chi connectivity index (χ2v) is 18.9. The number of rotatable bonds is 43. The van der Waals surface area contributed by atoms with Crippen LogP contribution in [-0.2, 0) is 18.4 Å². The van der Waals surface area contributed by atoms with E-state index in [9.17, 15) is 19.4 Å². The van der Waals surface area contributed by atoms with Gasteiger partial charge in [-0.05, 0) is 38.5 Å². The number of carbonyl (C=O) groups excluding carboxylic acids is 1. The SMILES string of the molecule is CCCCCCCCCCCCCC/C=C\CCCCCCCCCC(=O)NC(COP(=O)([O-])OCC[N+](C)(C)C)C(O)CCCCCCCCCCCC. The summed E-state index contributed by atoms with van der Waals surface area (Å²) in [6, 6.07) is -0.797. The van der Waals surface area contributed by atoms with E-state index < -0.39 is 20.0 Å². The first kappa shape index (κ1) is 54.2. The number of hydrogen-bond acceptors (Lipinski definition) is 6. The van der Waals surface area contributed by atoms with Gasteiger partial charge < -0.3 is 28.8 Å². The van der Waals surface area contributed by atoms with E-state index in [1.165, 1.54) is 161 Å². The highest BCUT2D eigenvalue weighted by Crippen LogP contribution is 2.38. The van der Waals surface area contributed by atoms with Crippen LogP contribution in [-0.4, -0.2) is 68.5 Å². The molecule has 0 aromatic rings. The molecule has 0 aliphatic heterocycles. The predicted octanol–water partition coefficient (Wildman–Crippen LogP) is 12.5. The number of hydrogen-bond donors (Lipinski definition) is 2. The molecule has 328 valence electrons. The van der Waals surface area contributed by atoms with Crippen LogP contribution in [0.25, 0.3) is 0 Å². The van der Waals surface area contributed by atoms with Crippen LogP contribution in [0.2, 0.25) is 0 Å². The fraction of sp³-hybridized carbons (Fsp3) is 0.935. The minimum absolute atomic E-state index is 0.0129. The number of carbonyl (C=O) groups is 1. The number of likely N-dealkylation sites (N-methyl/N-ethyl adjacent to an activating group) is 1. The van der Waals surface area contributed by atoms with Crippen LogP contribution >= 0.6 is 7.82 Å². The van der Waals surface area contributed by atoms with Gasteiger partial charge in [0.1, 0.15) is 13.2 Å². The lowest BCUT2D eigenvalue weighted by Gasteiger charge is -2.30. The van der Waals surface area contributed by atoms with Crippen molar-refractivity contribution in [3.63, 3.8) is 0 Å². The predicted molar refractivity (Wildman–Crippen MR) is 233 cm³/mol. The smallest absolute Gasteiger partial charge is 0.268 e. The van der Waals surface area contributed by atoms with Crippen molar-refractivity contribution in [2.45, 2.75) is 238 Å². The molecule has 8 nitrogen and oxygen atoms in total. The molecular weight excluding hydrogens is 707 g/mol. The first-order chi connectivity index (χ1) is 26.5. The van der Waals surface area contributed by atoms with Gasteiger partial charge in [-0.15, -0.1) is 0 Å². The zero-order chi connectivity index (χ0) is 40.7. The number of amides is 1. The van der Waals surface area contributed by atoms with Crippen LogP contribution in [0.5, 0.6) is 0 Å². The Hall–Kier alpha value is -0.760. The number of allylic oxidation sites excluding steroid dienone is 2. The summed E-state index contributed by atoms with van der Waals surface area (Å²) in [5.41, 5.74) is 0. The average molecular weight is 801 g/mol. The number of aliphatic hydroxyl groups excluding tert-OH is 1. The molecule has 0 aromatic heterocycles. The van der Waals surface area contributed by atoms with Crippen molar-refractivity contribution in [3.8, 4) is 0 Å². The number of quaternary nitrogens is 1. The number of phosphoric ester groups is 1. The molecule has 0 spiro atoms. The van der Waals surface area contributed by atoms with Crippen LogP contribution < -0.4 is 10.2 Å². The van der Waals surface area contributed by atoms with Gasteiger partial charge in [0.05, 0.1) is 39.9 Å². The molecule has 0 saturated carbocycles. The maximum Gasteiger partial charge on any atom is 0.268 e. The van der Waals surface area contributed by atoms with E-state index in [0.717, 1.165) is 38.5 Å². The quantitative estimate of drug-likeness (QED) is 0.0275. The summed E-state index contributed by atoms with van der Waals surface area (Å²) >= 11 is 0. The third-order valence-corrected chi connectivity index (χ3v) is 11.7. The summed E-state index contributed by atoms with van der Waals surface area (Å²) in [6.45, 7) is 4.71. The molecule has 0 aliphatic rings. The number of nitrogens with one attached hydrogen (secondary N) is 1. The number of unbranched alkanes of at least 4 members (excludes halogenated alkanes) is 28. The Balaban J connectivity index is 4.17. The molecule has 3 atom stereocenters. The van der Waals surface area contributed by atoms with Gasteiger partial charge in [-0.25, -0.2) is 0 Å². The Labute approximate surface area is 342 Å². The summed E-state index contributed by atoms with van der Waals surface area (Å²) in [4.78, 5) is 25.3. The van der Waals surface area contributed by atoms with Crippen molar-refractivity contribution in [3.05, 3.63) is 12.2 Å². The van der Waals surface area contributed by atoms with E-state index in [1.54, 1.807) is 0 Å². The van der Waals surface area contributed by atoms with Gasteiger partial charge in [0.25, 0.3) is 7.82 Å². The maximum absolute atomic E-state index is 12.9. The normalized spacial score (nSPS) is 14.4. The first-order valence-corrected chi connectivity index (χ1v) is 25.0. The molecule has 9 heteroatoms. The van der Waals surface area contributed by atoms with E-state index >= 15 is 0 Å². The van der Waals surface area contributed by atoms with Gasteiger partial charge in [0.2, 0.25) is 5.91 Å². The maximum atomic E-state index is 12.9. The Morgan fingerprint density at radius 1 is 0.618 bits per heavy atom. The molecule has 0 fully saturated rings. The zero-order valence-electron chi connectivity index (χ0n) is 37.1. The van der Waals surface area contributed by atoms with Crippen molar-refractivity contribution >= 4 is 13.7 Å². The van der Waals surface area contributed by atoms with Gasteiger partial charge in [-0.1, -0.05) is 193 Å². The molecule has 0 saturated heterocycles. The molecule has 0 rings (SSSR count). The Morgan fingerprint density at radius 2 is 1.00 bits per heavy atom. The number of phosphoric acid groups is 1. The van der Waals surface area contributed by atoms with Crippen LogP contribution in [0, 0.1) is 0 Å². The van der Waals surface area contributed by atoms with Gasteiger partial charge >= 0.3 is 0 Å².